The van der Waals surface area contributed by atoms with Crippen LogP contribution in [-0.4, -0.2) is 16.0 Å². The zero-order chi connectivity index (χ0) is 18.1. The fraction of sp³-hybridized carbons (Fsp3) is 0.238. The SMILES string of the molecule is CCc1cnc(C2Cc3ccccc3N2C(=O)Nc2ccccc2C)[nH]1. The number of nitrogens with zero attached hydrogens (tertiary/aromatic N) is 2. The molecule has 1 aromatic heterocycles. The monoisotopic (exact) mass is 346 g/mol. The first-order valence-electron chi connectivity index (χ1n) is 8.95. The van der Waals surface area contributed by atoms with Gasteiger partial charge in [0.25, 0.3) is 0 Å². The molecule has 5 heteroatoms. The highest BCUT2D eigenvalue weighted by molar-refractivity contribution is 6.04. The Morgan fingerprint density at radius 3 is 2.77 bits per heavy atom. The molecule has 5 nitrogen and oxygen atoms in total. The number of hydrogen-bond donors (Lipinski definition) is 2. The van der Waals surface area contributed by atoms with Gasteiger partial charge in [-0.05, 0) is 36.6 Å². The highest BCUT2D eigenvalue weighted by Gasteiger charge is 2.36. The second kappa shape index (κ2) is 6.67. The van der Waals surface area contributed by atoms with Crippen LogP contribution in [0.15, 0.2) is 54.7 Å². The number of anilines is 2. The number of carbonyl (C=O) groups is 1. The molecule has 26 heavy (non-hydrogen) atoms. The highest BCUT2D eigenvalue weighted by atomic mass is 16.2. The molecule has 0 radical (unpaired) electrons. The molecule has 0 bridgehead atoms. The number of rotatable bonds is 3. The first-order valence-corrected chi connectivity index (χ1v) is 8.95. The lowest BCUT2D eigenvalue weighted by Crippen LogP contribution is -2.36. The molecule has 1 atom stereocenters. The minimum absolute atomic E-state index is 0.128. The molecule has 0 saturated heterocycles. The third-order valence-electron chi connectivity index (χ3n) is 4.93. The lowest BCUT2D eigenvalue weighted by atomic mass is 10.1. The van der Waals surface area contributed by atoms with E-state index in [9.17, 15) is 4.79 Å². The smallest absolute Gasteiger partial charge is 0.327 e. The molecule has 0 saturated carbocycles. The second-order valence-corrected chi connectivity index (χ2v) is 6.61. The Labute approximate surface area is 153 Å². The maximum Gasteiger partial charge on any atom is 0.327 e. The molecule has 3 aromatic rings. The Balaban J connectivity index is 1.69. The molecule has 1 aliphatic heterocycles. The van der Waals surface area contributed by atoms with Gasteiger partial charge in [-0.15, -0.1) is 0 Å². The van der Waals surface area contributed by atoms with Crippen LogP contribution < -0.4 is 10.2 Å². The van der Waals surface area contributed by atoms with Crippen LogP contribution in [0.25, 0.3) is 0 Å². The third-order valence-corrected chi connectivity index (χ3v) is 4.93. The van der Waals surface area contributed by atoms with Gasteiger partial charge in [0.15, 0.2) is 0 Å². The van der Waals surface area contributed by atoms with Gasteiger partial charge in [0.05, 0.1) is 0 Å². The molecule has 2 heterocycles. The highest BCUT2D eigenvalue weighted by Crippen LogP contribution is 2.39. The minimum Gasteiger partial charge on any atom is -0.344 e. The molecule has 4 rings (SSSR count). The van der Waals surface area contributed by atoms with Crippen molar-refractivity contribution < 1.29 is 4.79 Å². The maximum absolute atomic E-state index is 13.2. The zero-order valence-corrected chi connectivity index (χ0v) is 15.0. The van der Waals surface area contributed by atoms with Gasteiger partial charge in [-0.3, -0.25) is 4.90 Å². The number of hydrogen-bond acceptors (Lipinski definition) is 2. The topological polar surface area (TPSA) is 61.0 Å². The number of aryl methyl sites for hydroxylation is 2. The van der Waals surface area contributed by atoms with Crippen molar-refractivity contribution in [3.63, 3.8) is 0 Å². The minimum atomic E-state index is -0.135. The van der Waals surface area contributed by atoms with Crippen molar-refractivity contribution in [3.05, 3.63) is 77.4 Å². The Hall–Kier alpha value is -3.08. The Kier molecular flexibility index (Phi) is 4.21. The summed E-state index contributed by atoms with van der Waals surface area (Å²) in [6, 6.07) is 15.6. The second-order valence-electron chi connectivity index (χ2n) is 6.61. The van der Waals surface area contributed by atoms with Crippen LogP contribution in [0.2, 0.25) is 0 Å². The zero-order valence-electron chi connectivity index (χ0n) is 15.0. The Bertz CT molecular complexity index is 946. The van der Waals surface area contributed by atoms with Crippen LogP contribution in [0.3, 0.4) is 0 Å². The number of carbonyl (C=O) groups excluding carboxylic acids is 1. The summed E-state index contributed by atoms with van der Waals surface area (Å²) in [6.45, 7) is 4.08. The number of urea groups is 1. The van der Waals surface area contributed by atoms with Gasteiger partial charge in [-0.1, -0.05) is 43.3 Å². The lowest BCUT2D eigenvalue weighted by Gasteiger charge is -2.25. The van der Waals surface area contributed by atoms with E-state index in [1.54, 1.807) is 0 Å². The van der Waals surface area contributed by atoms with E-state index in [0.29, 0.717) is 0 Å². The van der Waals surface area contributed by atoms with Gasteiger partial charge in [-0.2, -0.15) is 0 Å². The van der Waals surface area contributed by atoms with E-state index in [0.717, 1.165) is 46.9 Å². The van der Waals surface area contributed by atoms with E-state index in [1.165, 1.54) is 0 Å². The Morgan fingerprint density at radius 1 is 1.23 bits per heavy atom. The van der Waals surface area contributed by atoms with Crippen LogP contribution in [0.1, 0.15) is 35.6 Å². The average molecular weight is 346 g/mol. The van der Waals surface area contributed by atoms with Crippen molar-refractivity contribution in [3.8, 4) is 0 Å². The average Bonchev–Trinajstić information content (AvgIpc) is 3.27. The molecule has 2 amide bonds. The van der Waals surface area contributed by atoms with Crippen LogP contribution in [-0.2, 0) is 12.8 Å². The van der Waals surface area contributed by atoms with Gasteiger partial charge in [-0.25, -0.2) is 9.78 Å². The van der Waals surface area contributed by atoms with E-state index >= 15 is 0 Å². The quantitative estimate of drug-likeness (QED) is 0.727. The van der Waals surface area contributed by atoms with Crippen molar-refractivity contribution in [1.29, 1.82) is 0 Å². The van der Waals surface area contributed by atoms with Gasteiger partial charge >= 0.3 is 6.03 Å². The summed E-state index contributed by atoms with van der Waals surface area (Å²) in [4.78, 5) is 22.9. The van der Waals surface area contributed by atoms with E-state index in [-0.39, 0.29) is 12.1 Å². The normalized spacial score (nSPS) is 15.8. The van der Waals surface area contributed by atoms with Gasteiger partial charge in [0, 0.05) is 29.7 Å². The van der Waals surface area contributed by atoms with Crippen LogP contribution in [0.5, 0.6) is 0 Å². The number of aromatic amines is 1. The molecule has 0 spiro atoms. The van der Waals surface area contributed by atoms with Gasteiger partial charge in [0.1, 0.15) is 11.9 Å². The molecule has 1 unspecified atom stereocenters. The predicted octanol–water partition coefficient (Wildman–Crippen LogP) is 4.62. The summed E-state index contributed by atoms with van der Waals surface area (Å²) in [5.74, 6) is 0.831. The van der Waals surface area contributed by atoms with Gasteiger partial charge in [0.2, 0.25) is 0 Å². The van der Waals surface area contributed by atoms with Crippen molar-refractivity contribution in [1.82, 2.24) is 9.97 Å². The number of H-pyrrole nitrogens is 1. The van der Waals surface area contributed by atoms with Crippen molar-refractivity contribution in [2.24, 2.45) is 0 Å². The Morgan fingerprint density at radius 2 is 2.00 bits per heavy atom. The fourth-order valence-corrected chi connectivity index (χ4v) is 3.47. The van der Waals surface area contributed by atoms with E-state index in [2.05, 4.69) is 28.3 Å². The standard InChI is InChI=1S/C21H22N4O/c1-3-16-13-22-20(23-16)19-12-15-9-5-7-11-18(15)25(19)21(26)24-17-10-6-4-8-14(17)2/h4-11,13,19H,3,12H2,1-2H3,(H,22,23)(H,24,26). The number of para-hydroxylation sites is 2. The van der Waals surface area contributed by atoms with E-state index < -0.39 is 0 Å². The molecule has 1 aliphatic rings. The summed E-state index contributed by atoms with van der Waals surface area (Å²) in [5, 5.41) is 3.06. The van der Waals surface area contributed by atoms with Crippen molar-refractivity contribution in [2.75, 3.05) is 10.2 Å². The summed E-state index contributed by atoms with van der Waals surface area (Å²) < 4.78 is 0. The van der Waals surface area contributed by atoms with Crippen LogP contribution in [0.4, 0.5) is 16.2 Å². The first-order chi connectivity index (χ1) is 12.7. The number of aromatic nitrogens is 2. The molecule has 2 aromatic carbocycles. The fourth-order valence-electron chi connectivity index (χ4n) is 3.47. The number of imidazole rings is 1. The summed E-state index contributed by atoms with van der Waals surface area (Å²) >= 11 is 0. The largest absolute Gasteiger partial charge is 0.344 e. The van der Waals surface area contributed by atoms with Gasteiger partial charge < -0.3 is 10.3 Å². The van der Waals surface area contributed by atoms with Crippen LogP contribution >= 0.6 is 0 Å². The number of fused-ring (bicyclic) bond motifs is 1. The van der Waals surface area contributed by atoms with Crippen molar-refractivity contribution >= 4 is 17.4 Å². The molecular formula is C21H22N4O. The molecule has 0 aliphatic carbocycles. The number of benzene rings is 2. The van der Waals surface area contributed by atoms with Crippen LogP contribution in [0, 0.1) is 6.92 Å². The molecule has 0 fully saturated rings. The number of nitrogens with one attached hydrogen (secondary N) is 2. The summed E-state index contributed by atoms with van der Waals surface area (Å²) in [5.41, 5.74) is 5.05. The summed E-state index contributed by atoms with van der Waals surface area (Å²) in [6.07, 6.45) is 3.51. The molecule has 2 N–H and O–H groups in total. The number of amides is 2. The van der Waals surface area contributed by atoms with E-state index in [4.69, 9.17) is 0 Å². The molecule has 132 valence electrons. The van der Waals surface area contributed by atoms with Crippen molar-refractivity contribution in [2.45, 2.75) is 32.7 Å². The first kappa shape index (κ1) is 16.4. The predicted molar refractivity (Wildman–Crippen MR) is 104 cm³/mol. The van der Waals surface area contributed by atoms with E-state index in [1.807, 2.05) is 60.5 Å². The lowest BCUT2D eigenvalue weighted by molar-refractivity contribution is 0.255. The summed E-state index contributed by atoms with van der Waals surface area (Å²) in [7, 11) is 0. The maximum atomic E-state index is 13.2. The third kappa shape index (κ3) is 2.86. The molecular weight excluding hydrogens is 324 g/mol.